The van der Waals surface area contributed by atoms with Crippen LogP contribution in [-0.2, 0) is 6.42 Å². The quantitative estimate of drug-likeness (QED) is 0.775. The smallest absolute Gasteiger partial charge is 0.0622 e. The van der Waals surface area contributed by atoms with Crippen molar-refractivity contribution in [3.8, 4) is 0 Å². The van der Waals surface area contributed by atoms with Crippen molar-refractivity contribution >= 4 is 11.6 Å². The van der Waals surface area contributed by atoms with Gasteiger partial charge in [0.05, 0.1) is 10.7 Å². The first-order chi connectivity index (χ1) is 5.74. The first kappa shape index (κ1) is 9.49. The van der Waals surface area contributed by atoms with Gasteiger partial charge in [0.2, 0.25) is 0 Å². The third kappa shape index (κ3) is 2.47. The average Bonchev–Trinajstić information content (AvgIpc) is 2.07. The lowest BCUT2D eigenvalue weighted by atomic mass is 10.2. The number of likely N-dealkylation sites (N-methyl/N-ethyl adjacent to an activating group) is 1. The van der Waals surface area contributed by atoms with Gasteiger partial charge in [-0.25, -0.2) is 0 Å². The fourth-order valence-electron chi connectivity index (χ4n) is 1.01. The van der Waals surface area contributed by atoms with E-state index in [1.54, 1.807) is 0 Å². The van der Waals surface area contributed by atoms with Gasteiger partial charge in [-0.3, -0.25) is 4.98 Å². The predicted molar refractivity (Wildman–Crippen MR) is 51.6 cm³/mol. The second-order valence-corrected chi connectivity index (χ2v) is 3.14. The summed E-state index contributed by atoms with van der Waals surface area (Å²) in [4.78, 5) is 4.34. The summed E-state index contributed by atoms with van der Waals surface area (Å²) in [6.07, 6.45) is 0.886. The van der Waals surface area contributed by atoms with E-state index in [2.05, 4.69) is 10.3 Å². The Morgan fingerprint density at radius 2 is 2.25 bits per heavy atom. The molecule has 0 amide bonds. The van der Waals surface area contributed by atoms with Gasteiger partial charge in [-0.05, 0) is 26.1 Å². The minimum atomic E-state index is 0.760. The fraction of sp³-hybridized carbons (Fsp3) is 0.444. The van der Waals surface area contributed by atoms with Gasteiger partial charge in [-0.2, -0.15) is 0 Å². The standard InChI is InChI=1S/C9H13ClN2/c1-7-3-4-8(10)9(12-7)5-6-11-2/h3-4,11H,5-6H2,1-2H3. The molecule has 0 unspecified atom stereocenters. The van der Waals surface area contributed by atoms with Gasteiger partial charge < -0.3 is 5.32 Å². The predicted octanol–water partition coefficient (Wildman–Crippen LogP) is 1.81. The Balaban J connectivity index is 2.75. The highest BCUT2D eigenvalue weighted by Gasteiger charge is 2.00. The lowest BCUT2D eigenvalue weighted by molar-refractivity contribution is 0.774. The Hall–Kier alpha value is -0.600. The lowest BCUT2D eigenvalue weighted by Gasteiger charge is -2.03. The molecular formula is C9H13ClN2. The van der Waals surface area contributed by atoms with Gasteiger partial charge in [-0.1, -0.05) is 11.6 Å². The van der Waals surface area contributed by atoms with E-state index in [9.17, 15) is 0 Å². The van der Waals surface area contributed by atoms with Crippen LogP contribution in [0.25, 0.3) is 0 Å². The van der Waals surface area contributed by atoms with E-state index >= 15 is 0 Å². The summed E-state index contributed by atoms with van der Waals surface area (Å²) >= 11 is 5.94. The van der Waals surface area contributed by atoms with Crippen LogP contribution in [-0.4, -0.2) is 18.6 Å². The molecule has 1 N–H and O–H groups in total. The van der Waals surface area contributed by atoms with Crippen molar-refractivity contribution in [2.45, 2.75) is 13.3 Å². The van der Waals surface area contributed by atoms with Crippen molar-refractivity contribution in [3.63, 3.8) is 0 Å². The summed E-state index contributed by atoms with van der Waals surface area (Å²) < 4.78 is 0. The molecule has 0 aliphatic carbocycles. The first-order valence-corrected chi connectivity index (χ1v) is 4.38. The summed E-state index contributed by atoms with van der Waals surface area (Å²) in [5.74, 6) is 0. The van der Waals surface area contributed by atoms with Gasteiger partial charge in [-0.15, -0.1) is 0 Å². The lowest BCUT2D eigenvalue weighted by Crippen LogP contribution is -2.11. The van der Waals surface area contributed by atoms with Crippen molar-refractivity contribution in [1.82, 2.24) is 10.3 Å². The molecule has 0 bridgehead atoms. The maximum Gasteiger partial charge on any atom is 0.0622 e. The van der Waals surface area contributed by atoms with E-state index in [-0.39, 0.29) is 0 Å². The van der Waals surface area contributed by atoms with Crippen molar-refractivity contribution in [3.05, 3.63) is 28.5 Å². The second-order valence-electron chi connectivity index (χ2n) is 2.73. The molecule has 0 spiro atoms. The number of aryl methyl sites for hydroxylation is 1. The maximum absolute atomic E-state index is 5.94. The van der Waals surface area contributed by atoms with Crippen LogP contribution < -0.4 is 5.32 Å². The highest BCUT2D eigenvalue weighted by atomic mass is 35.5. The summed E-state index contributed by atoms with van der Waals surface area (Å²) in [5, 5.41) is 3.82. The van der Waals surface area contributed by atoms with Gasteiger partial charge in [0, 0.05) is 18.7 Å². The average molecular weight is 185 g/mol. The number of halogens is 1. The molecule has 0 aliphatic rings. The number of hydrogen-bond donors (Lipinski definition) is 1. The van der Waals surface area contributed by atoms with Gasteiger partial charge in [0.1, 0.15) is 0 Å². The Kier molecular flexibility index (Phi) is 3.50. The largest absolute Gasteiger partial charge is 0.319 e. The molecule has 12 heavy (non-hydrogen) atoms. The van der Waals surface area contributed by atoms with Crippen LogP contribution in [0.4, 0.5) is 0 Å². The Morgan fingerprint density at radius 3 is 2.92 bits per heavy atom. The van der Waals surface area contributed by atoms with Crippen molar-refractivity contribution in [2.75, 3.05) is 13.6 Å². The molecule has 0 aliphatic heterocycles. The number of rotatable bonds is 3. The van der Waals surface area contributed by atoms with Crippen molar-refractivity contribution in [1.29, 1.82) is 0 Å². The molecule has 1 aromatic rings. The fourth-order valence-corrected chi connectivity index (χ4v) is 1.21. The van der Waals surface area contributed by atoms with E-state index in [0.717, 1.165) is 29.4 Å². The van der Waals surface area contributed by atoms with Gasteiger partial charge in [0.15, 0.2) is 0 Å². The molecule has 0 saturated heterocycles. The zero-order valence-electron chi connectivity index (χ0n) is 7.39. The molecule has 3 heteroatoms. The van der Waals surface area contributed by atoms with Crippen molar-refractivity contribution in [2.24, 2.45) is 0 Å². The van der Waals surface area contributed by atoms with E-state index in [4.69, 9.17) is 11.6 Å². The summed E-state index contributed by atoms with van der Waals surface area (Å²) in [6, 6.07) is 3.82. The SMILES string of the molecule is CNCCc1nc(C)ccc1Cl. The van der Waals surface area contributed by atoms with E-state index < -0.39 is 0 Å². The van der Waals surface area contributed by atoms with Crippen molar-refractivity contribution < 1.29 is 0 Å². The molecule has 66 valence electrons. The number of hydrogen-bond acceptors (Lipinski definition) is 2. The number of pyridine rings is 1. The normalized spacial score (nSPS) is 10.2. The molecule has 0 aromatic carbocycles. The molecule has 1 aromatic heterocycles. The van der Waals surface area contributed by atoms with Crippen LogP contribution in [0.5, 0.6) is 0 Å². The summed E-state index contributed by atoms with van der Waals surface area (Å²) in [7, 11) is 1.92. The van der Waals surface area contributed by atoms with Crippen LogP contribution in [0, 0.1) is 6.92 Å². The highest BCUT2D eigenvalue weighted by Crippen LogP contribution is 2.13. The molecule has 0 fully saturated rings. The third-order valence-electron chi connectivity index (χ3n) is 1.67. The summed E-state index contributed by atoms with van der Waals surface area (Å²) in [6.45, 7) is 2.88. The minimum absolute atomic E-state index is 0.760. The van der Waals surface area contributed by atoms with Crippen LogP contribution >= 0.6 is 11.6 Å². The number of nitrogens with one attached hydrogen (secondary N) is 1. The van der Waals surface area contributed by atoms with Crippen LogP contribution in [0.2, 0.25) is 5.02 Å². The molecule has 0 atom stereocenters. The third-order valence-corrected chi connectivity index (χ3v) is 2.01. The molecule has 0 saturated carbocycles. The van der Waals surface area contributed by atoms with E-state index in [1.807, 2.05) is 26.1 Å². The van der Waals surface area contributed by atoms with Crippen LogP contribution in [0.3, 0.4) is 0 Å². The Bertz CT molecular complexity index is 261. The molecule has 0 radical (unpaired) electrons. The molecule has 2 nitrogen and oxygen atoms in total. The molecule has 1 rings (SSSR count). The first-order valence-electron chi connectivity index (χ1n) is 4.00. The highest BCUT2D eigenvalue weighted by molar-refractivity contribution is 6.31. The minimum Gasteiger partial charge on any atom is -0.319 e. The zero-order valence-corrected chi connectivity index (χ0v) is 8.15. The number of nitrogens with zero attached hydrogens (tertiary/aromatic N) is 1. The van der Waals surface area contributed by atoms with Crippen LogP contribution in [0.1, 0.15) is 11.4 Å². The monoisotopic (exact) mass is 184 g/mol. The zero-order chi connectivity index (χ0) is 8.97. The second kappa shape index (κ2) is 4.43. The van der Waals surface area contributed by atoms with Gasteiger partial charge in [0.25, 0.3) is 0 Å². The number of aromatic nitrogens is 1. The topological polar surface area (TPSA) is 24.9 Å². The molecular weight excluding hydrogens is 172 g/mol. The van der Waals surface area contributed by atoms with E-state index in [0.29, 0.717) is 0 Å². The summed E-state index contributed by atoms with van der Waals surface area (Å²) in [5.41, 5.74) is 2.00. The van der Waals surface area contributed by atoms with E-state index in [1.165, 1.54) is 0 Å². The maximum atomic E-state index is 5.94. The van der Waals surface area contributed by atoms with Gasteiger partial charge >= 0.3 is 0 Å². The molecule has 1 heterocycles. The Labute approximate surface area is 78.0 Å². The Morgan fingerprint density at radius 1 is 1.50 bits per heavy atom. The van der Waals surface area contributed by atoms with Crippen LogP contribution in [0.15, 0.2) is 12.1 Å².